The molecule has 0 aliphatic heterocycles. The van der Waals surface area contributed by atoms with E-state index in [1.54, 1.807) is 125 Å². The number of fused-ring (bicyclic) bond motifs is 4. The van der Waals surface area contributed by atoms with Crippen molar-refractivity contribution in [2.45, 2.75) is 27.7 Å². The lowest BCUT2D eigenvalue weighted by molar-refractivity contribution is 0.0984. The van der Waals surface area contributed by atoms with Crippen LogP contribution in [0.15, 0.2) is 144 Å². The van der Waals surface area contributed by atoms with Crippen molar-refractivity contribution in [1.82, 2.24) is 0 Å². The minimum Gasteiger partial charge on any atom is -0.289 e. The summed E-state index contributed by atoms with van der Waals surface area (Å²) in [6, 6.07) is 27.6. The molecular weight excluding hydrogens is 721 g/mol. The van der Waals surface area contributed by atoms with Crippen molar-refractivity contribution in [2.24, 2.45) is 0 Å². The highest BCUT2D eigenvalue weighted by Crippen LogP contribution is 2.23. The van der Waals surface area contributed by atoms with Crippen LogP contribution < -0.4 is 0 Å². The molecule has 10 heteroatoms. The van der Waals surface area contributed by atoms with E-state index in [-0.39, 0.29) is 73.3 Å². The smallest absolute Gasteiger partial charge is 0.189 e. The Labute approximate surface area is 326 Å². The second-order valence-electron chi connectivity index (χ2n) is 12.3. The Balaban J connectivity index is 0.000000191. The van der Waals surface area contributed by atoms with Crippen LogP contribution in [0.5, 0.6) is 0 Å². The minimum atomic E-state index is -0.0762. The standard InChI is InChI=1S/4C11H8O2.2H2S/c4*1-7-6-10(12)8-4-2-3-5-9(8)11(7)13;;/h4*2-6H,1H3;2*1H2. The molecule has 0 bridgehead atoms. The molecule has 272 valence electrons. The quantitative estimate of drug-likeness (QED) is 0.175. The van der Waals surface area contributed by atoms with Gasteiger partial charge < -0.3 is 0 Å². The Kier molecular flexibility index (Phi) is 14.2. The zero-order valence-corrected chi connectivity index (χ0v) is 31.8. The Morgan fingerprint density at radius 2 is 0.407 bits per heavy atom. The monoisotopic (exact) mass is 756 g/mol. The topological polar surface area (TPSA) is 137 Å². The molecule has 0 N–H and O–H groups in total. The third-order valence-corrected chi connectivity index (χ3v) is 8.57. The Morgan fingerprint density at radius 1 is 0.259 bits per heavy atom. The van der Waals surface area contributed by atoms with Crippen molar-refractivity contribution in [3.63, 3.8) is 0 Å². The average molecular weight is 757 g/mol. The van der Waals surface area contributed by atoms with E-state index in [0.29, 0.717) is 66.8 Å². The highest BCUT2D eigenvalue weighted by atomic mass is 32.1. The molecule has 0 heterocycles. The van der Waals surface area contributed by atoms with Gasteiger partial charge in [-0.3, -0.25) is 38.4 Å². The molecule has 0 unspecified atom stereocenters. The van der Waals surface area contributed by atoms with Gasteiger partial charge in [0.15, 0.2) is 46.3 Å². The Bertz CT molecular complexity index is 2060. The zero-order chi connectivity index (χ0) is 37.7. The van der Waals surface area contributed by atoms with Crippen LogP contribution in [-0.4, -0.2) is 46.3 Å². The van der Waals surface area contributed by atoms with E-state index in [9.17, 15) is 38.4 Å². The maximum atomic E-state index is 11.5. The normalized spacial score (nSPS) is 14.7. The van der Waals surface area contributed by atoms with Crippen LogP contribution in [0.1, 0.15) is 111 Å². The summed E-state index contributed by atoms with van der Waals surface area (Å²) in [5.41, 5.74) is 6.20. The molecule has 8 rings (SSSR count). The molecule has 0 fully saturated rings. The molecule has 4 aliphatic carbocycles. The first kappa shape index (κ1) is 42.3. The second-order valence-corrected chi connectivity index (χ2v) is 12.3. The van der Waals surface area contributed by atoms with E-state index in [1.807, 2.05) is 0 Å². The zero-order valence-electron chi connectivity index (χ0n) is 29.8. The molecule has 4 aromatic rings. The Morgan fingerprint density at radius 3 is 0.574 bits per heavy atom. The van der Waals surface area contributed by atoms with Gasteiger partial charge in [-0.15, -0.1) is 0 Å². The van der Waals surface area contributed by atoms with Crippen LogP contribution in [-0.2, 0) is 0 Å². The molecule has 0 radical (unpaired) electrons. The number of carbonyl (C=O) groups is 8. The first-order valence-electron chi connectivity index (χ1n) is 16.3. The number of Topliss-reactive ketones (excluding diaryl/α,β-unsaturated/α-hetero) is 4. The molecule has 8 nitrogen and oxygen atoms in total. The van der Waals surface area contributed by atoms with Gasteiger partial charge in [0.25, 0.3) is 0 Å². The molecule has 4 aromatic carbocycles. The number of hydrogen-bond donors (Lipinski definition) is 0. The lowest BCUT2D eigenvalue weighted by Crippen LogP contribution is -2.14. The third kappa shape index (κ3) is 8.91. The summed E-state index contributed by atoms with van der Waals surface area (Å²) >= 11 is 0. The highest BCUT2D eigenvalue weighted by Gasteiger charge is 2.24. The molecule has 0 spiro atoms. The van der Waals surface area contributed by atoms with Crippen LogP contribution in [0.2, 0.25) is 0 Å². The molecule has 0 saturated carbocycles. The van der Waals surface area contributed by atoms with Crippen molar-refractivity contribution in [1.29, 1.82) is 0 Å². The van der Waals surface area contributed by atoms with Crippen LogP contribution in [0.3, 0.4) is 0 Å². The fraction of sp³-hybridized carbons (Fsp3) is 0.0909. The largest absolute Gasteiger partial charge is 0.289 e. The van der Waals surface area contributed by atoms with Crippen LogP contribution in [0, 0.1) is 0 Å². The van der Waals surface area contributed by atoms with Gasteiger partial charge in [0.2, 0.25) is 0 Å². The maximum absolute atomic E-state index is 11.5. The fourth-order valence-electron chi connectivity index (χ4n) is 5.79. The van der Waals surface area contributed by atoms with Crippen molar-refractivity contribution in [3.05, 3.63) is 188 Å². The fourth-order valence-corrected chi connectivity index (χ4v) is 5.79. The van der Waals surface area contributed by atoms with Crippen LogP contribution in [0.25, 0.3) is 0 Å². The summed E-state index contributed by atoms with van der Waals surface area (Å²) in [6.45, 7) is 6.65. The summed E-state index contributed by atoms with van der Waals surface area (Å²) in [7, 11) is 0. The minimum absolute atomic E-state index is 0. The first-order valence-corrected chi connectivity index (χ1v) is 16.3. The van der Waals surface area contributed by atoms with Crippen molar-refractivity contribution >= 4 is 73.3 Å². The first-order chi connectivity index (χ1) is 24.8. The van der Waals surface area contributed by atoms with Gasteiger partial charge in [0.1, 0.15) is 0 Å². The summed E-state index contributed by atoms with van der Waals surface area (Å²) in [5.74, 6) is -0.489. The van der Waals surface area contributed by atoms with Gasteiger partial charge in [0, 0.05) is 66.8 Å². The van der Waals surface area contributed by atoms with Gasteiger partial charge >= 0.3 is 0 Å². The SMILES string of the molecule is CC1=CC(=O)c2ccccc2C1=O.CC1=CC(=O)c2ccccc2C1=O.CC1=CC(=O)c2ccccc2C1=O.CC1=CC(=O)c2ccccc2C1=O.S.S. The summed E-state index contributed by atoms with van der Waals surface area (Å²) < 4.78 is 0. The maximum Gasteiger partial charge on any atom is 0.189 e. The van der Waals surface area contributed by atoms with Crippen molar-refractivity contribution in [2.75, 3.05) is 0 Å². The molecule has 4 aliphatic rings. The Hall–Kier alpha value is -6.10. The summed E-state index contributed by atoms with van der Waals surface area (Å²) in [4.78, 5) is 91.8. The van der Waals surface area contributed by atoms with Gasteiger partial charge in [-0.2, -0.15) is 27.0 Å². The van der Waals surface area contributed by atoms with E-state index in [0.717, 1.165) is 0 Å². The lowest BCUT2D eigenvalue weighted by Gasteiger charge is -2.11. The van der Waals surface area contributed by atoms with E-state index >= 15 is 0 Å². The molecular formula is C44H36O8S2. The van der Waals surface area contributed by atoms with E-state index in [1.165, 1.54) is 24.3 Å². The number of hydrogen-bond acceptors (Lipinski definition) is 8. The lowest BCUT2D eigenvalue weighted by atomic mass is 9.90. The second kappa shape index (κ2) is 18.1. The van der Waals surface area contributed by atoms with Crippen molar-refractivity contribution < 1.29 is 38.4 Å². The molecule has 0 aromatic heterocycles. The van der Waals surface area contributed by atoms with Crippen LogP contribution in [0.4, 0.5) is 0 Å². The highest BCUT2D eigenvalue weighted by molar-refractivity contribution is 7.59. The number of ketones is 8. The van der Waals surface area contributed by atoms with Gasteiger partial charge in [-0.1, -0.05) is 97.1 Å². The van der Waals surface area contributed by atoms with Gasteiger partial charge in [-0.25, -0.2) is 0 Å². The summed E-state index contributed by atoms with van der Waals surface area (Å²) in [5, 5.41) is 0. The number of carbonyl (C=O) groups excluding carboxylic acids is 8. The summed E-state index contributed by atoms with van der Waals surface area (Å²) in [6.07, 6.45) is 5.57. The molecule has 0 amide bonds. The van der Waals surface area contributed by atoms with Gasteiger partial charge in [0.05, 0.1) is 0 Å². The van der Waals surface area contributed by atoms with E-state index in [2.05, 4.69) is 0 Å². The van der Waals surface area contributed by atoms with Crippen molar-refractivity contribution in [3.8, 4) is 0 Å². The average Bonchev–Trinajstić information content (AvgIpc) is 3.15. The number of allylic oxidation sites excluding steroid dienone is 8. The molecule has 0 atom stereocenters. The van der Waals surface area contributed by atoms with E-state index < -0.39 is 0 Å². The van der Waals surface area contributed by atoms with E-state index in [4.69, 9.17) is 0 Å². The molecule has 0 saturated heterocycles. The third-order valence-electron chi connectivity index (χ3n) is 8.57. The number of benzene rings is 4. The predicted octanol–water partition coefficient (Wildman–Crippen LogP) is 8.27. The number of rotatable bonds is 0. The van der Waals surface area contributed by atoms with Crippen LogP contribution >= 0.6 is 27.0 Å². The van der Waals surface area contributed by atoms with Gasteiger partial charge in [-0.05, 0) is 52.0 Å². The molecule has 54 heavy (non-hydrogen) atoms. The predicted molar refractivity (Wildman–Crippen MR) is 216 cm³/mol.